The minimum atomic E-state index is -0.544. The summed E-state index contributed by atoms with van der Waals surface area (Å²) in [5.41, 5.74) is 1.68. The summed E-state index contributed by atoms with van der Waals surface area (Å²) in [6.45, 7) is 13.8. The van der Waals surface area contributed by atoms with Crippen LogP contribution >= 0.6 is 31.9 Å². The first-order valence-electron chi connectivity index (χ1n) is 6.90. The molecule has 0 unspecified atom stereocenters. The monoisotopic (exact) mass is 472 g/mol. The van der Waals surface area contributed by atoms with Gasteiger partial charge < -0.3 is 9.97 Å². The first kappa shape index (κ1) is 17.7. The van der Waals surface area contributed by atoms with Crippen molar-refractivity contribution in [2.24, 2.45) is 9.98 Å². The number of halogens is 2. The van der Waals surface area contributed by atoms with Crippen LogP contribution in [0.2, 0.25) is 0 Å². The quantitative estimate of drug-likeness (QED) is 0.488. The lowest BCUT2D eigenvalue weighted by Crippen LogP contribution is -2.21. The largest absolute Gasteiger partial charge is 0.366 e. The van der Waals surface area contributed by atoms with Crippen molar-refractivity contribution in [3.05, 3.63) is 77.2 Å². The number of aromatic nitrogens is 2. The lowest BCUT2D eigenvalue weighted by molar-refractivity contribution is 0.256. The van der Waals surface area contributed by atoms with Gasteiger partial charge in [-0.25, -0.2) is 24.3 Å². The molecule has 1 aliphatic rings. The molecule has 10 heteroatoms. The molecule has 0 fully saturated rings. The Hall–Kier alpha value is -3.08. The standard InChI is InChI=1S/C8H4BrN3O.C8H2BrN3O/c2*1-10-6-4(9)2-3-5-7(6)12-8(13)11-5/h2-3H,(H2,11,12,13);2-3H. The first-order valence-corrected chi connectivity index (χ1v) is 8.48. The van der Waals surface area contributed by atoms with E-state index in [1.165, 1.54) is 0 Å². The van der Waals surface area contributed by atoms with Gasteiger partial charge in [0.05, 0.1) is 29.5 Å². The Morgan fingerprint density at radius 1 is 0.885 bits per heavy atom. The number of hydrogen-bond donors (Lipinski definition) is 2. The summed E-state index contributed by atoms with van der Waals surface area (Å²) in [7, 11) is 0. The molecule has 0 saturated carbocycles. The minimum Gasteiger partial charge on any atom is -0.315 e. The van der Waals surface area contributed by atoms with Crippen molar-refractivity contribution in [3.63, 3.8) is 0 Å². The molecule has 0 atom stereocenters. The molecule has 0 aliphatic carbocycles. The van der Waals surface area contributed by atoms with E-state index in [1.54, 1.807) is 24.3 Å². The summed E-state index contributed by atoms with van der Waals surface area (Å²) in [5.74, 6) is 0. The average Bonchev–Trinajstić information content (AvgIpc) is 3.16. The van der Waals surface area contributed by atoms with Crippen LogP contribution < -0.4 is 16.4 Å². The minimum absolute atomic E-state index is 0.294. The third-order valence-electron chi connectivity index (χ3n) is 3.34. The maximum atomic E-state index is 10.9. The summed E-state index contributed by atoms with van der Waals surface area (Å²) in [6.07, 6.45) is 0. The molecular formula is C16H6Br2N6O2. The van der Waals surface area contributed by atoms with Crippen molar-refractivity contribution in [2.45, 2.75) is 0 Å². The van der Waals surface area contributed by atoms with Gasteiger partial charge in [0.15, 0.2) is 0 Å². The summed E-state index contributed by atoms with van der Waals surface area (Å²) < 4.78 is 1.32. The van der Waals surface area contributed by atoms with Gasteiger partial charge in [-0.2, -0.15) is 4.99 Å². The molecular weight excluding hydrogens is 468 g/mol. The van der Waals surface area contributed by atoms with Crippen LogP contribution in [0.4, 0.5) is 16.2 Å². The number of carbonyl (C=O) groups is 1. The van der Waals surface area contributed by atoms with E-state index in [0.717, 1.165) is 0 Å². The normalized spacial score (nSPS) is 11.5. The predicted molar refractivity (Wildman–Crippen MR) is 101 cm³/mol. The average molecular weight is 474 g/mol. The highest BCUT2D eigenvalue weighted by Gasteiger charge is 2.11. The zero-order valence-corrected chi connectivity index (χ0v) is 15.8. The second-order valence-electron chi connectivity index (χ2n) is 4.89. The van der Waals surface area contributed by atoms with Crippen LogP contribution in [0, 0.1) is 13.1 Å². The first-order chi connectivity index (χ1) is 12.4. The predicted octanol–water partition coefficient (Wildman–Crippen LogP) is 3.54. The Morgan fingerprint density at radius 3 is 2.23 bits per heavy atom. The van der Waals surface area contributed by atoms with Gasteiger partial charge >= 0.3 is 11.7 Å². The highest BCUT2D eigenvalue weighted by Crippen LogP contribution is 2.31. The summed E-state index contributed by atoms with van der Waals surface area (Å²) in [6, 6.07) is 6.27. The molecule has 0 spiro atoms. The van der Waals surface area contributed by atoms with Crippen LogP contribution in [0.1, 0.15) is 0 Å². The van der Waals surface area contributed by atoms with E-state index >= 15 is 0 Å². The molecule has 26 heavy (non-hydrogen) atoms. The Balaban J connectivity index is 0.000000151. The van der Waals surface area contributed by atoms with Crippen LogP contribution in [0.25, 0.3) is 20.7 Å². The highest BCUT2D eigenvalue weighted by molar-refractivity contribution is 9.11. The summed E-state index contributed by atoms with van der Waals surface area (Å²) in [4.78, 5) is 40.8. The van der Waals surface area contributed by atoms with E-state index in [-0.39, 0.29) is 5.69 Å². The van der Waals surface area contributed by atoms with E-state index in [2.05, 4.69) is 61.5 Å². The van der Waals surface area contributed by atoms with Crippen molar-refractivity contribution in [2.75, 3.05) is 0 Å². The molecule has 2 heterocycles. The number of amides is 2. The van der Waals surface area contributed by atoms with Crippen molar-refractivity contribution >= 4 is 60.3 Å². The maximum absolute atomic E-state index is 10.9. The number of benzene rings is 2. The zero-order chi connectivity index (χ0) is 18.8. The van der Waals surface area contributed by atoms with E-state index < -0.39 is 6.03 Å². The van der Waals surface area contributed by atoms with Gasteiger partial charge in [0.2, 0.25) is 11.4 Å². The van der Waals surface area contributed by atoms with E-state index in [0.29, 0.717) is 42.1 Å². The number of aromatic amines is 2. The van der Waals surface area contributed by atoms with Crippen molar-refractivity contribution in [3.8, 4) is 0 Å². The number of H-pyrrole nitrogens is 2. The highest BCUT2D eigenvalue weighted by atomic mass is 79.9. The Kier molecular flexibility index (Phi) is 4.80. The maximum Gasteiger partial charge on any atom is 0.366 e. The molecule has 1 aromatic heterocycles. The number of rotatable bonds is 0. The number of urea groups is 1. The zero-order valence-electron chi connectivity index (χ0n) is 12.7. The molecule has 3 aromatic rings. The Morgan fingerprint density at radius 2 is 1.54 bits per heavy atom. The third-order valence-corrected chi connectivity index (χ3v) is 4.62. The molecule has 0 bridgehead atoms. The second kappa shape index (κ2) is 7.04. The van der Waals surface area contributed by atoms with Gasteiger partial charge in [-0.3, -0.25) is 0 Å². The van der Waals surface area contributed by atoms with Crippen LogP contribution in [-0.4, -0.2) is 16.0 Å². The number of carbonyl (C=O) groups excluding carboxylic acids is 1. The van der Waals surface area contributed by atoms with Crippen LogP contribution in [-0.2, 0) is 0 Å². The van der Waals surface area contributed by atoms with Gasteiger partial charge in [-0.05, 0) is 12.1 Å². The van der Waals surface area contributed by atoms with Gasteiger partial charge in [0, 0.05) is 8.95 Å². The molecule has 4 rings (SSSR count). The lowest BCUT2D eigenvalue weighted by Gasteiger charge is -1.94. The number of nitrogens with one attached hydrogen (secondary N) is 2. The number of fused-ring (bicyclic) bond motifs is 2. The van der Waals surface area contributed by atoms with E-state index in [9.17, 15) is 9.59 Å². The smallest absolute Gasteiger partial charge is 0.315 e. The van der Waals surface area contributed by atoms with Gasteiger partial charge in [-0.15, -0.1) is 0 Å². The SMILES string of the molecule is [C-]#[N+]c1c(Br)ccc2[nH]c(=O)[nH]c12.[C-]#[N+]c1c(Br)ccc2c1=NC(=O)N=2. The van der Waals surface area contributed by atoms with E-state index in [4.69, 9.17) is 13.1 Å². The molecule has 0 radical (unpaired) electrons. The van der Waals surface area contributed by atoms with Gasteiger partial charge in [-0.1, -0.05) is 44.0 Å². The van der Waals surface area contributed by atoms with Crippen molar-refractivity contribution in [1.82, 2.24) is 9.97 Å². The third kappa shape index (κ3) is 3.20. The fourth-order valence-corrected chi connectivity index (χ4v) is 3.08. The fraction of sp³-hybridized carbons (Fsp3) is 0. The molecule has 1 aliphatic heterocycles. The molecule has 0 saturated heterocycles. The Labute approximate surface area is 162 Å². The van der Waals surface area contributed by atoms with Crippen molar-refractivity contribution < 1.29 is 4.79 Å². The van der Waals surface area contributed by atoms with Crippen LogP contribution in [0.3, 0.4) is 0 Å². The second-order valence-corrected chi connectivity index (χ2v) is 6.60. The number of nitrogens with zero attached hydrogens (tertiary/aromatic N) is 4. The molecule has 8 nitrogen and oxygen atoms in total. The van der Waals surface area contributed by atoms with Crippen molar-refractivity contribution in [1.29, 1.82) is 0 Å². The molecule has 2 amide bonds. The van der Waals surface area contributed by atoms with E-state index in [1.807, 2.05) is 0 Å². The topological polar surface area (TPSA) is 99.2 Å². The number of hydrogen-bond acceptors (Lipinski definition) is 2. The Bertz CT molecular complexity index is 1320. The van der Waals surface area contributed by atoms with Gasteiger partial charge in [0.1, 0.15) is 5.36 Å². The fourth-order valence-electron chi connectivity index (χ4n) is 2.25. The molecule has 126 valence electrons. The summed E-state index contributed by atoms with van der Waals surface area (Å²) >= 11 is 6.44. The number of imidazole rings is 1. The van der Waals surface area contributed by atoms with Crippen LogP contribution in [0.5, 0.6) is 0 Å². The lowest BCUT2D eigenvalue weighted by atomic mass is 10.3. The van der Waals surface area contributed by atoms with Gasteiger partial charge in [0.25, 0.3) is 0 Å². The molecule has 2 N–H and O–H groups in total. The van der Waals surface area contributed by atoms with Crippen LogP contribution in [0.15, 0.2) is 48.0 Å². The molecule has 2 aromatic carbocycles. The summed E-state index contributed by atoms with van der Waals surface area (Å²) in [5, 5.41) is 0.841.